The van der Waals surface area contributed by atoms with Crippen LogP contribution >= 0.6 is 20.8 Å². The van der Waals surface area contributed by atoms with E-state index < -0.39 is 5.31 Å². The molecule has 164 valence electrons. The molecule has 4 heteroatoms. The molecule has 0 fully saturated rings. The van der Waals surface area contributed by atoms with Crippen LogP contribution in [0.2, 0.25) is 0 Å². The standard InChI is InChI=1S/C28H28BrO2P/c1-30-27-19-11-9-13-23(27)21-32(29,25-15-5-3-6-16-25,26-17-7-4-8-18-26)22-24-14-10-12-20-28(24)31-2/h3-20H,21-22H2,1-2H3. The van der Waals surface area contributed by atoms with Crippen LogP contribution in [-0.4, -0.2) is 14.2 Å². The average molecular weight is 507 g/mol. The maximum absolute atomic E-state index is 5.78. The molecule has 0 unspecified atom stereocenters. The summed E-state index contributed by atoms with van der Waals surface area (Å²) in [5.41, 5.74) is 2.37. The third kappa shape index (κ3) is 4.20. The van der Waals surface area contributed by atoms with Crippen LogP contribution in [-0.2, 0) is 12.3 Å². The SMILES string of the molecule is COc1ccccc1CP(Br)(Cc1ccccc1OC)(c1ccccc1)c1ccccc1. The van der Waals surface area contributed by atoms with E-state index in [0.29, 0.717) is 0 Å². The third-order valence-electron chi connectivity index (χ3n) is 6.08. The van der Waals surface area contributed by atoms with E-state index in [2.05, 4.69) is 100 Å². The molecular weight excluding hydrogens is 479 g/mol. The molecule has 0 N–H and O–H groups in total. The van der Waals surface area contributed by atoms with Crippen molar-refractivity contribution in [1.82, 2.24) is 0 Å². The molecule has 0 aliphatic carbocycles. The summed E-state index contributed by atoms with van der Waals surface area (Å²) in [6, 6.07) is 38.4. The van der Waals surface area contributed by atoms with Crippen LogP contribution in [0.4, 0.5) is 0 Å². The Hall–Kier alpha value is -2.61. The second kappa shape index (κ2) is 9.48. The summed E-state index contributed by atoms with van der Waals surface area (Å²) >= 11 is 4.53. The predicted octanol–water partition coefficient (Wildman–Crippen LogP) is 6.92. The summed E-state index contributed by atoms with van der Waals surface area (Å²) in [4.78, 5) is 0. The molecule has 0 aromatic heterocycles. The second-order valence-electron chi connectivity index (χ2n) is 7.99. The summed E-state index contributed by atoms with van der Waals surface area (Å²) in [7, 11) is 3.49. The fourth-order valence-corrected chi connectivity index (χ4v) is 12.3. The molecule has 0 spiro atoms. The molecule has 0 heterocycles. The van der Waals surface area contributed by atoms with Crippen LogP contribution in [0, 0.1) is 0 Å². The molecule has 4 rings (SSSR count). The molecule has 0 radical (unpaired) electrons. The van der Waals surface area contributed by atoms with Crippen molar-refractivity contribution in [2.75, 3.05) is 14.2 Å². The molecule has 0 bridgehead atoms. The minimum absolute atomic E-state index is 0.821. The predicted molar refractivity (Wildman–Crippen MR) is 141 cm³/mol. The van der Waals surface area contributed by atoms with Crippen LogP contribution in [0.5, 0.6) is 11.5 Å². The number of halogens is 1. The van der Waals surface area contributed by atoms with Crippen molar-refractivity contribution < 1.29 is 9.47 Å². The third-order valence-corrected chi connectivity index (χ3v) is 15.0. The molecule has 0 saturated heterocycles. The zero-order valence-corrected chi connectivity index (χ0v) is 20.9. The second-order valence-corrected chi connectivity index (χ2v) is 17.5. The van der Waals surface area contributed by atoms with Gasteiger partial charge in [0.1, 0.15) is 0 Å². The zero-order chi connectivity index (χ0) is 22.5. The van der Waals surface area contributed by atoms with E-state index in [4.69, 9.17) is 9.47 Å². The number of hydrogen-bond acceptors (Lipinski definition) is 2. The quantitative estimate of drug-likeness (QED) is 0.241. The molecule has 0 aliphatic rings. The number of rotatable bonds is 8. The van der Waals surface area contributed by atoms with Gasteiger partial charge < -0.3 is 0 Å². The van der Waals surface area contributed by atoms with Crippen molar-refractivity contribution in [3.8, 4) is 11.5 Å². The Morgan fingerprint density at radius 3 is 1.25 bits per heavy atom. The van der Waals surface area contributed by atoms with E-state index in [0.717, 1.165) is 23.8 Å². The first kappa shape index (κ1) is 22.6. The van der Waals surface area contributed by atoms with Gasteiger partial charge in [-0.15, -0.1) is 0 Å². The Morgan fingerprint density at radius 2 is 0.875 bits per heavy atom. The van der Waals surface area contributed by atoms with E-state index in [1.165, 1.54) is 21.7 Å². The Morgan fingerprint density at radius 1 is 0.531 bits per heavy atom. The molecule has 4 aromatic rings. The van der Waals surface area contributed by atoms with Crippen molar-refractivity contribution in [3.63, 3.8) is 0 Å². The van der Waals surface area contributed by atoms with Crippen LogP contribution in [0.3, 0.4) is 0 Å². The van der Waals surface area contributed by atoms with Gasteiger partial charge in [0.25, 0.3) is 0 Å². The van der Waals surface area contributed by atoms with Gasteiger partial charge in [-0.3, -0.25) is 0 Å². The van der Waals surface area contributed by atoms with Gasteiger partial charge in [0.15, 0.2) is 0 Å². The van der Waals surface area contributed by atoms with Gasteiger partial charge in [0, 0.05) is 0 Å². The first-order valence-electron chi connectivity index (χ1n) is 10.7. The maximum atomic E-state index is 5.78. The summed E-state index contributed by atoms with van der Waals surface area (Å²) in [6.45, 7) is 0. The van der Waals surface area contributed by atoms with E-state index in [9.17, 15) is 0 Å². The molecule has 0 amide bonds. The van der Waals surface area contributed by atoms with Crippen molar-refractivity contribution >= 4 is 31.4 Å². The first-order chi connectivity index (χ1) is 15.6. The van der Waals surface area contributed by atoms with Crippen molar-refractivity contribution in [3.05, 3.63) is 120 Å². The summed E-state index contributed by atoms with van der Waals surface area (Å²) in [5.74, 6) is 1.82. The van der Waals surface area contributed by atoms with Crippen LogP contribution in [0.1, 0.15) is 11.1 Å². The van der Waals surface area contributed by atoms with Crippen LogP contribution in [0.15, 0.2) is 109 Å². The van der Waals surface area contributed by atoms with Crippen LogP contribution < -0.4 is 20.1 Å². The Bertz CT molecular complexity index is 1090. The molecular formula is C28H28BrO2P. The number of benzene rings is 4. The first-order valence-corrected chi connectivity index (χ1v) is 15.3. The molecule has 0 aliphatic heterocycles. The van der Waals surface area contributed by atoms with Gasteiger partial charge in [-0.1, -0.05) is 0 Å². The summed E-state index contributed by atoms with van der Waals surface area (Å²) in [6.07, 6.45) is 1.64. The minimum atomic E-state index is -2.99. The van der Waals surface area contributed by atoms with E-state index in [-0.39, 0.29) is 0 Å². The number of methoxy groups -OCH3 is 2. The van der Waals surface area contributed by atoms with Gasteiger partial charge in [-0.2, -0.15) is 0 Å². The average Bonchev–Trinajstić information content (AvgIpc) is 2.86. The molecule has 0 atom stereocenters. The Balaban J connectivity index is 2.03. The normalized spacial score (nSPS) is 12.5. The number of ether oxygens (including phenoxy) is 2. The molecule has 0 saturated carbocycles. The van der Waals surface area contributed by atoms with Gasteiger partial charge in [-0.05, 0) is 0 Å². The Labute approximate surface area is 198 Å². The molecule has 32 heavy (non-hydrogen) atoms. The van der Waals surface area contributed by atoms with E-state index in [1.54, 1.807) is 14.2 Å². The van der Waals surface area contributed by atoms with Crippen LogP contribution in [0.25, 0.3) is 0 Å². The van der Waals surface area contributed by atoms with Gasteiger partial charge >= 0.3 is 199 Å². The number of hydrogen-bond donors (Lipinski definition) is 0. The summed E-state index contributed by atoms with van der Waals surface area (Å²) in [5, 5.41) is -0.377. The van der Waals surface area contributed by atoms with Crippen molar-refractivity contribution in [1.29, 1.82) is 0 Å². The topological polar surface area (TPSA) is 18.5 Å². The van der Waals surface area contributed by atoms with E-state index >= 15 is 0 Å². The fraction of sp³-hybridized carbons (Fsp3) is 0.143. The van der Waals surface area contributed by atoms with Crippen molar-refractivity contribution in [2.24, 2.45) is 0 Å². The van der Waals surface area contributed by atoms with Crippen molar-refractivity contribution in [2.45, 2.75) is 12.3 Å². The molecule has 4 aromatic carbocycles. The Kier molecular flexibility index (Phi) is 6.69. The summed E-state index contributed by atoms with van der Waals surface area (Å²) < 4.78 is 11.6. The van der Waals surface area contributed by atoms with Gasteiger partial charge in [-0.25, -0.2) is 0 Å². The zero-order valence-electron chi connectivity index (χ0n) is 18.4. The monoisotopic (exact) mass is 506 g/mol. The van der Waals surface area contributed by atoms with Gasteiger partial charge in [0.05, 0.1) is 0 Å². The van der Waals surface area contributed by atoms with E-state index in [1.807, 2.05) is 24.3 Å². The van der Waals surface area contributed by atoms with Gasteiger partial charge in [0.2, 0.25) is 0 Å². The number of para-hydroxylation sites is 2. The fourth-order valence-electron chi connectivity index (χ4n) is 4.49. The molecule has 2 nitrogen and oxygen atoms in total.